The third kappa shape index (κ3) is 1.98. The van der Waals surface area contributed by atoms with E-state index in [-0.39, 0.29) is 27.6 Å². The smallest absolute Gasteiger partial charge is 0.338 e. The van der Waals surface area contributed by atoms with E-state index in [2.05, 4.69) is 0 Å². The predicted molar refractivity (Wildman–Crippen MR) is 82.9 cm³/mol. The first-order chi connectivity index (χ1) is 10.4. The Morgan fingerprint density at radius 1 is 1.23 bits per heavy atom. The molecule has 0 unspecified atom stereocenters. The van der Waals surface area contributed by atoms with E-state index in [9.17, 15) is 19.5 Å². The summed E-state index contributed by atoms with van der Waals surface area (Å²) >= 11 is 1.28. The zero-order valence-corrected chi connectivity index (χ0v) is 12.3. The van der Waals surface area contributed by atoms with E-state index in [0.29, 0.717) is 4.70 Å². The molecule has 22 heavy (non-hydrogen) atoms. The molecule has 7 heteroatoms. The lowest BCUT2D eigenvalue weighted by molar-refractivity contribution is -0.136. The highest BCUT2D eigenvalue weighted by Crippen LogP contribution is 2.26. The molecule has 3 rings (SSSR count). The van der Waals surface area contributed by atoms with Gasteiger partial charge in [-0.1, -0.05) is 12.1 Å². The van der Waals surface area contributed by atoms with Gasteiger partial charge in [0.1, 0.15) is 0 Å². The third-order valence-corrected chi connectivity index (χ3v) is 4.56. The molecule has 0 saturated heterocycles. The quantitative estimate of drug-likeness (QED) is 0.771. The largest absolute Gasteiger partial charge is 0.481 e. The number of thiophene rings is 1. The van der Waals surface area contributed by atoms with Crippen LogP contribution in [0.1, 0.15) is 16.1 Å². The van der Waals surface area contributed by atoms with Gasteiger partial charge in [-0.3, -0.25) is 9.59 Å². The number of carboxylic acids is 2. The zero-order valence-electron chi connectivity index (χ0n) is 11.5. The summed E-state index contributed by atoms with van der Waals surface area (Å²) in [6.07, 6.45) is -0.455. The van der Waals surface area contributed by atoms with Crippen molar-refractivity contribution in [1.29, 1.82) is 0 Å². The Hall–Kier alpha value is -2.67. The number of aryl methyl sites for hydroxylation is 1. The number of hydrogen-bond acceptors (Lipinski definition) is 4. The van der Waals surface area contributed by atoms with Gasteiger partial charge < -0.3 is 14.8 Å². The molecule has 6 nitrogen and oxygen atoms in total. The first-order valence-corrected chi connectivity index (χ1v) is 7.26. The van der Waals surface area contributed by atoms with Crippen molar-refractivity contribution in [2.75, 3.05) is 0 Å². The maximum Gasteiger partial charge on any atom is 0.338 e. The summed E-state index contributed by atoms with van der Waals surface area (Å²) in [6.45, 7) is 0. The van der Waals surface area contributed by atoms with Gasteiger partial charge in [0.25, 0.3) is 0 Å². The third-order valence-electron chi connectivity index (χ3n) is 3.63. The average molecular weight is 317 g/mol. The van der Waals surface area contributed by atoms with Gasteiger partial charge in [-0.2, -0.15) is 0 Å². The molecular weight excluding hydrogens is 306 g/mol. The summed E-state index contributed by atoms with van der Waals surface area (Å²) in [6, 6.07) is 5.05. The first kappa shape index (κ1) is 14.3. The van der Waals surface area contributed by atoms with Gasteiger partial charge in [0.05, 0.1) is 22.2 Å². The number of carbonyl (C=O) groups is 2. The van der Waals surface area contributed by atoms with Crippen molar-refractivity contribution >= 4 is 44.3 Å². The van der Waals surface area contributed by atoms with E-state index in [0.717, 1.165) is 5.39 Å². The molecule has 0 atom stereocenters. The second kappa shape index (κ2) is 4.96. The molecule has 0 aliphatic rings. The molecule has 0 bridgehead atoms. The van der Waals surface area contributed by atoms with Crippen LogP contribution in [0.15, 0.2) is 28.4 Å². The minimum atomic E-state index is -1.24. The number of aromatic nitrogens is 1. The van der Waals surface area contributed by atoms with Crippen molar-refractivity contribution < 1.29 is 19.8 Å². The summed E-state index contributed by atoms with van der Waals surface area (Å²) in [5.74, 6) is -2.39. The van der Waals surface area contributed by atoms with Crippen LogP contribution in [-0.2, 0) is 18.3 Å². The van der Waals surface area contributed by atoms with E-state index in [1.807, 2.05) is 0 Å². The van der Waals surface area contributed by atoms with Crippen LogP contribution in [0.5, 0.6) is 0 Å². The molecule has 0 spiro atoms. The fraction of sp³-hybridized carbons (Fsp3) is 0.133. The zero-order chi connectivity index (χ0) is 16.0. The Morgan fingerprint density at radius 2 is 1.95 bits per heavy atom. The van der Waals surface area contributed by atoms with E-state index in [1.54, 1.807) is 23.6 Å². The summed E-state index contributed by atoms with van der Waals surface area (Å²) in [4.78, 5) is 35.3. The van der Waals surface area contributed by atoms with Crippen LogP contribution < -0.4 is 5.43 Å². The van der Waals surface area contributed by atoms with Gasteiger partial charge >= 0.3 is 11.9 Å². The second-order valence-corrected chi connectivity index (χ2v) is 5.80. The molecule has 2 N–H and O–H groups in total. The average Bonchev–Trinajstić information content (AvgIpc) is 2.96. The lowest BCUT2D eigenvalue weighted by atomic mass is 10.1. The molecule has 112 valence electrons. The number of fused-ring (bicyclic) bond motifs is 2. The van der Waals surface area contributed by atoms with Gasteiger partial charge in [0, 0.05) is 18.1 Å². The van der Waals surface area contributed by atoms with Crippen molar-refractivity contribution in [2.45, 2.75) is 6.42 Å². The van der Waals surface area contributed by atoms with Crippen LogP contribution in [0.4, 0.5) is 0 Å². The van der Waals surface area contributed by atoms with Crippen LogP contribution in [0.25, 0.3) is 21.0 Å². The van der Waals surface area contributed by atoms with Gasteiger partial charge in [0.2, 0.25) is 5.43 Å². The number of nitrogens with zero attached hydrogens (tertiary/aromatic N) is 1. The monoisotopic (exact) mass is 317 g/mol. The predicted octanol–water partition coefficient (Wildman–Crippen LogP) is 2.08. The first-order valence-electron chi connectivity index (χ1n) is 6.38. The van der Waals surface area contributed by atoms with Crippen LogP contribution in [0.2, 0.25) is 0 Å². The van der Waals surface area contributed by atoms with Gasteiger partial charge in [-0.05, 0) is 16.8 Å². The highest BCUT2D eigenvalue weighted by molar-refractivity contribution is 7.17. The molecule has 1 aromatic carbocycles. The lowest BCUT2D eigenvalue weighted by Crippen LogP contribution is -2.11. The van der Waals surface area contributed by atoms with E-state index < -0.39 is 18.4 Å². The molecule has 2 aromatic heterocycles. The standard InChI is InChI=1S/C15H11NO5S/c1-16-9(6-10(17)18)11(15(20)21)8-3-2-7-4-5-22-14(7)13(19)12(8)16/h2-5H,6H2,1H3,(H,17,18)(H,20,21). The van der Waals surface area contributed by atoms with Gasteiger partial charge in [-0.25, -0.2) is 4.79 Å². The Bertz CT molecular complexity index is 998. The van der Waals surface area contributed by atoms with Crippen molar-refractivity contribution in [3.8, 4) is 0 Å². The highest BCUT2D eigenvalue weighted by Gasteiger charge is 2.24. The summed E-state index contributed by atoms with van der Waals surface area (Å²) < 4.78 is 1.91. The fourth-order valence-corrected chi connectivity index (χ4v) is 3.53. The minimum Gasteiger partial charge on any atom is -0.481 e. The Labute approximate surface area is 127 Å². The van der Waals surface area contributed by atoms with Crippen LogP contribution in [0.3, 0.4) is 0 Å². The number of hydrogen-bond donors (Lipinski definition) is 2. The van der Waals surface area contributed by atoms with Gasteiger partial charge in [-0.15, -0.1) is 11.3 Å². The Morgan fingerprint density at radius 3 is 2.59 bits per heavy atom. The molecule has 0 amide bonds. The number of rotatable bonds is 3. The molecule has 0 aliphatic heterocycles. The molecule has 3 aromatic rings. The summed E-state index contributed by atoms with van der Waals surface area (Å²) in [5.41, 5.74) is -0.0830. The molecule has 0 fully saturated rings. The van der Waals surface area contributed by atoms with Gasteiger partial charge in [0.15, 0.2) is 0 Å². The lowest BCUT2D eigenvalue weighted by Gasteiger charge is -2.02. The molecule has 0 radical (unpaired) electrons. The maximum absolute atomic E-state index is 12.7. The molecule has 0 aliphatic carbocycles. The highest BCUT2D eigenvalue weighted by atomic mass is 32.1. The van der Waals surface area contributed by atoms with E-state index >= 15 is 0 Å². The Balaban J connectivity index is 2.56. The number of carboxylic acid groups (broad SMARTS) is 2. The normalized spacial score (nSPS) is 11.1. The van der Waals surface area contributed by atoms with E-state index in [4.69, 9.17) is 5.11 Å². The topological polar surface area (TPSA) is 96.6 Å². The fourth-order valence-electron chi connectivity index (χ4n) is 2.70. The van der Waals surface area contributed by atoms with Crippen molar-refractivity contribution in [2.24, 2.45) is 7.05 Å². The number of aromatic carboxylic acids is 1. The van der Waals surface area contributed by atoms with E-state index in [1.165, 1.54) is 23.0 Å². The van der Waals surface area contributed by atoms with Crippen molar-refractivity contribution in [1.82, 2.24) is 4.57 Å². The van der Waals surface area contributed by atoms with Crippen LogP contribution in [-0.4, -0.2) is 26.7 Å². The summed E-state index contributed by atoms with van der Waals surface area (Å²) in [7, 11) is 1.52. The van der Waals surface area contributed by atoms with Crippen LogP contribution >= 0.6 is 11.3 Å². The number of aliphatic carboxylic acids is 1. The Kier molecular flexibility index (Phi) is 3.22. The SMILES string of the molecule is Cn1c(CC(=O)O)c(C(=O)O)c2ccc3ccsc3c(=O)c21. The van der Waals surface area contributed by atoms with Crippen LogP contribution in [0, 0.1) is 0 Å². The molecular formula is C15H11NO5S. The summed E-state index contributed by atoms with van der Waals surface area (Å²) in [5, 5.41) is 21.2. The second-order valence-electron chi connectivity index (χ2n) is 4.89. The maximum atomic E-state index is 12.7. The minimum absolute atomic E-state index is 0.114. The molecule has 0 saturated carbocycles. The molecule has 2 heterocycles. The van der Waals surface area contributed by atoms with Crippen molar-refractivity contribution in [3.05, 3.63) is 45.1 Å². The van der Waals surface area contributed by atoms with Crippen molar-refractivity contribution in [3.63, 3.8) is 0 Å².